The number of pyridine rings is 2. The Balaban J connectivity index is 1.81. The second kappa shape index (κ2) is 5.22. The maximum atomic E-state index is 4.46. The van der Waals surface area contributed by atoms with Crippen molar-refractivity contribution in [2.45, 2.75) is 13.1 Å². The zero-order valence-corrected chi connectivity index (χ0v) is 8.37. The van der Waals surface area contributed by atoms with Crippen molar-refractivity contribution in [2.24, 2.45) is 0 Å². The average molecular weight is 198 g/mol. The summed E-state index contributed by atoms with van der Waals surface area (Å²) in [7, 11) is 0. The Morgan fingerprint density at radius 3 is 1.53 bits per heavy atom. The molecule has 2 aromatic heterocycles. The van der Waals surface area contributed by atoms with Gasteiger partial charge in [0.15, 0.2) is 0 Å². The Labute approximate surface area is 89.2 Å². The van der Waals surface area contributed by atoms with Crippen LogP contribution >= 0.6 is 0 Å². The van der Waals surface area contributed by atoms with E-state index in [4.69, 9.17) is 0 Å². The van der Waals surface area contributed by atoms with Crippen LogP contribution in [0.25, 0.3) is 0 Å². The van der Waals surface area contributed by atoms with Crippen LogP contribution in [0.5, 0.6) is 0 Å². The van der Waals surface area contributed by atoms with Gasteiger partial charge in [0, 0.05) is 37.9 Å². The molecule has 75 valence electrons. The first-order chi connectivity index (χ1) is 7.45. The molecule has 1 radical (unpaired) electrons. The first kappa shape index (κ1) is 9.80. The lowest BCUT2D eigenvalue weighted by molar-refractivity contribution is 0.675. The monoisotopic (exact) mass is 198 g/mol. The van der Waals surface area contributed by atoms with Crippen LogP contribution in [0.4, 0.5) is 0 Å². The van der Waals surface area contributed by atoms with E-state index in [1.165, 1.54) is 11.1 Å². The Morgan fingerprint density at radius 1 is 0.733 bits per heavy atom. The quantitative estimate of drug-likeness (QED) is 0.751. The molecule has 3 heteroatoms. The number of hydrogen-bond donors (Lipinski definition) is 0. The molecule has 0 bridgehead atoms. The van der Waals surface area contributed by atoms with Crippen molar-refractivity contribution in [3.05, 3.63) is 60.2 Å². The van der Waals surface area contributed by atoms with Crippen LogP contribution in [0.3, 0.4) is 0 Å². The van der Waals surface area contributed by atoms with Gasteiger partial charge >= 0.3 is 0 Å². The molecule has 3 nitrogen and oxygen atoms in total. The van der Waals surface area contributed by atoms with Crippen LogP contribution in [0.15, 0.2) is 49.1 Å². The summed E-state index contributed by atoms with van der Waals surface area (Å²) in [5.41, 5.74) is 2.39. The van der Waals surface area contributed by atoms with Gasteiger partial charge in [0.25, 0.3) is 0 Å². The number of rotatable bonds is 4. The minimum Gasteiger partial charge on any atom is -0.265 e. The van der Waals surface area contributed by atoms with Gasteiger partial charge in [-0.3, -0.25) is 9.97 Å². The van der Waals surface area contributed by atoms with Crippen LogP contribution in [0.1, 0.15) is 11.1 Å². The van der Waals surface area contributed by atoms with E-state index in [1.54, 1.807) is 24.8 Å². The molecular formula is C12H12N3. The minimum atomic E-state index is 0.741. The summed E-state index contributed by atoms with van der Waals surface area (Å²) < 4.78 is 0. The van der Waals surface area contributed by atoms with E-state index in [9.17, 15) is 0 Å². The SMILES string of the molecule is c1cc(C[N]Cc2ccncc2)ccn1. The van der Waals surface area contributed by atoms with Crippen molar-refractivity contribution in [3.63, 3.8) is 0 Å². The highest BCUT2D eigenvalue weighted by Crippen LogP contribution is 1.99. The third-order valence-corrected chi connectivity index (χ3v) is 2.09. The van der Waals surface area contributed by atoms with Crippen molar-refractivity contribution < 1.29 is 0 Å². The lowest BCUT2D eigenvalue weighted by Crippen LogP contribution is -2.04. The molecule has 15 heavy (non-hydrogen) atoms. The molecule has 0 aliphatic rings. The van der Waals surface area contributed by atoms with Gasteiger partial charge in [0.2, 0.25) is 0 Å². The predicted octanol–water partition coefficient (Wildman–Crippen LogP) is 1.78. The Hall–Kier alpha value is -1.74. The summed E-state index contributed by atoms with van der Waals surface area (Å²) in [6.07, 6.45) is 7.16. The molecule has 2 aromatic rings. The van der Waals surface area contributed by atoms with Crippen molar-refractivity contribution in [1.29, 1.82) is 0 Å². The minimum absolute atomic E-state index is 0.741. The lowest BCUT2D eigenvalue weighted by atomic mass is 10.2. The number of nitrogens with zero attached hydrogens (tertiary/aromatic N) is 3. The topological polar surface area (TPSA) is 39.9 Å². The smallest absolute Gasteiger partial charge is 0.0389 e. The van der Waals surface area contributed by atoms with E-state index >= 15 is 0 Å². The zero-order chi connectivity index (χ0) is 10.3. The van der Waals surface area contributed by atoms with Crippen LogP contribution < -0.4 is 5.32 Å². The summed E-state index contributed by atoms with van der Waals surface area (Å²) in [5.74, 6) is 0. The number of hydrogen-bond acceptors (Lipinski definition) is 2. The third-order valence-electron chi connectivity index (χ3n) is 2.09. The molecule has 0 spiro atoms. The maximum absolute atomic E-state index is 4.46. The van der Waals surface area contributed by atoms with Crippen LogP contribution in [-0.4, -0.2) is 9.97 Å². The summed E-state index contributed by atoms with van der Waals surface area (Å²) in [6, 6.07) is 7.93. The molecule has 0 unspecified atom stereocenters. The molecular weight excluding hydrogens is 186 g/mol. The largest absolute Gasteiger partial charge is 0.265 e. The fourth-order valence-corrected chi connectivity index (χ4v) is 1.29. The van der Waals surface area contributed by atoms with Gasteiger partial charge in [0.1, 0.15) is 0 Å². The molecule has 0 atom stereocenters. The highest BCUT2D eigenvalue weighted by Gasteiger charge is 1.94. The second-order valence-electron chi connectivity index (χ2n) is 3.25. The third kappa shape index (κ3) is 3.14. The van der Waals surface area contributed by atoms with Crippen LogP contribution in [0, 0.1) is 0 Å². The molecule has 0 saturated heterocycles. The lowest BCUT2D eigenvalue weighted by Gasteiger charge is -2.01. The van der Waals surface area contributed by atoms with E-state index in [0.717, 1.165) is 13.1 Å². The Bertz CT molecular complexity index is 347. The highest BCUT2D eigenvalue weighted by molar-refractivity contribution is 5.11. The maximum Gasteiger partial charge on any atom is 0.0389 e. The van der Waals surface area contributed by atoms with E-state index < -0.39 is 0 Å². The van der Waals surface area contributed by atoms with E-state index in [1.807, 2.05) is 24.3 Å². The first-order valence-electron chi connectivity index (χ1n) is 4.86. The molecule has 2 heterocycles. The summed E-state index contributed by atoms with van der Waals surface area (Å²) >= 11 is 0. The Morgan fingerprint density at radius 2 is 1.13 bits per heavy atom. The van der Waals surface area contributed by atoms with Gasteiger partial charge in [-0.05, 0) is 35.4 Å². The second-order valence-corrected chi connectivity index (χ2v) is 3.25. The van der Waals surface area contributed by atoms with Crippen molar-refractivity contribution in [1.82, 2.24) is 15.3 Å². The normalized spacial score (nSPS) is 10.1. The molecule has 0 N–H and O–H groups in total. The fourth-order valence-electron chi connectivity index (χ4n) is 1.29. The molecule has 0 aliphatic heterocycles. The predicted molar refractivity (Wildman–Crippen MR) is 58.0 cm³/mol. The molecule has 0 saturated carbocycles. The highest BCUT2D eigenvalue weighted by atomic mass is 14.8. The molecule has 0 aliphatic carbocycles. The molecule has 0 amide bonds. The van der Waals surface area contributed by atoms with Crippen molar-refractivity contribution in [2.75, 3.05) is 0 Å². The summed E-state index contributed by atoms with van der Waals surface area (Å²) in [6.45, 7) is 1.48. The zero-order valence-electron chi connectivity index (χ0n) is 8.37. The fraction of sp³-hybridized carbons (Fsp3) is 0.167. The van der Waals surface area contributed by atoms with E-state index in [0.29, 0.717) is 0 Å². The summed E-state index contributed by atoms with van der Waals surface area (Å²) in [4.78, 5) is 7.92. The van der Waals surface area contributed by atoms with Gasteiger partial charge in [-0.1, -0.05) is 0 Å². The first-order valence-corrected chi connectivity index (χ1v) is 4.86. The van der Waals surface area contributed by atoms with E-state index in [-0.39, 0.29) is 0 Å². The van der Waals surface area contributed by atoms with E-state index in [2.05, 4.69) is 15.3 Å². The van der Waals surface area contributed by atoms with Gasteiger partial charge < -0.3 is 0 Å². The average Bonchev–Trinajstić information content (AvgIpc) is 2.32. The molecule has 2 rings (SSSR count). The van der Waals surface area contributed by atoms with Crippen LogP contribution in [0.2, 0.25) is 0 Å². The molecule has 0 aromatic carbocycles. The van der Waals surface area contributed by atoms with Crippen molar-refractivity contribution in [3.8, 4) is 0 Å². The number of aromatic nitrogens is 2. The summed E-state index contributed by atoms with van der Waals surface area (Å²) in [5, 5.41) is 4.46. The van der Waals surface area contributed by atoms with Gasteiger partial charge in [-0.25, -0.2) is 5.32 Å². The molecule has 0 fully saturated rings. The van der Waals surface area contributed by atoms with Crippen molar-refractivity contribution >= 4 is 0 Å². The van der Waals surface area contributed by atoms with Gasteiger partial charge in [0.05, 0.1) is 0 Å². The van der Waals surface area contributed by atoms with Crippen LogP contribution in [-0.2, 0) is 13.1 Å². The Kier molecular flexibility index (Phi) is 3.41. The standard InChI is InChI=1S/C12H12N3/c1-5-13-6-2-11(1)9-15-10-12-3-7-14-8-4-12/h1-8H,9-10H2. The van der Waals surface area contributed by atoms with Gasteiger partial charge in [-0.15, -0.1) is 0 Å². The van der Waals surface area contributed by atoms with Gasteiger partial charge in [-0.2, -0.15) is 0 Å².